The van der Waals surface area contributed by atoms with Gasteiger partial charge in [-0.1, -0.05) is 48.5 Å². The molecule has 1 aliphatic heterocycles. The maximum Gasteiger partial charge on any atom is 0.109 e. The van der Waals surface area contributed by atoms with E-state index in [0.717, 1.165) is 31.4 Å². The first-order valence-corrected chi connectivity index (χ1v) is 7.41. The van der Waals surface area contributed by atoms with Gasteiger partial charge >= 0.3 is 0 Å². The van der Waals surface area contributed by atoms with Gasteiger partial charge in [0, 0.05) is 6.54 Å². The van der Waals surface area contributed by atoms with Crippen LogP contribution in [0.3, 0.4) is 0 Å². The van der Waals surface area contributed by atoms with Gasteiger partial charge in [0.05, 0.1) is 6.04 Å². The van der Waals surface area contributed by atoms with Crippen molar-refractivity contribution in [3.63, 3.8) is 0 Å². The lowest BCUT2D eigenvalue weighted by Crippen LogP contribution is -2.41. The van der Waals surface area contributed by atoms with Crippen molar-refractivity contribution < 1.29 is 5.11 Å². The zero-order chi connectivity index (χ0) is 13.6. The van der Waals surface area contributed by atoms with Crippen molar-refractivity contribution in [3.8, 4) is 0 Å². The molecule has 2 aliphatic rings. The van der Waals surface area contributed by atoms with Crippen LogP contribution in [0.4, 0.5) is 0 Å². The van der Waals surface area contributed by atoms with Crippen molar-refractivity contribution in [1.29, 1.82) is 0 Å². The van der Waals surface area contributed by atoms with Crippen molar-refractivity contribution in [3.05, 3.63) is 70.8 Å². The molecule has 0 radical (unpaired) electrons. The van der Waals surface area contributed by atoms with Gasteiger partial charge in [0.15, 0.2) is 0 Å². The third-order valence-electron chi connectivity index (χ3n) is 4.83. The second-order valence-electron chi connectivity index (χ2n) is 5.95. The van der Waals surface area contributed by atoms with Crippen LogP contribution < -0.4 is 5.32 Å². The first-order valence-electron chi connectivity index (χ1n) is 7.41. The first kappa shape index (κ1) is 12.1. The second kappa shape index (κ2) is 4.44. The number of hydrogen-bond acceptors (Lipinski definition) is 2. The molecule has 2 N–H and O–H groups in total. The number of rotatable bonds is 1. The van der Waals surface area contributed by atoms with Gasteiger partial charge in [-0.2, -0.15) is 0 Å². The largest absolute Gasteiger partial charge is 0.383 e. The summed E-state index contributed by atoms with van der Waals surface area (Å²) >= 11 is 0. The van der Waals surface area contributed by atoms with Gasteiger partial charge in [-0.05, 0) is 41.5 Å². The monoisotopic (exact) mass is 265 g/mol. The Balaban J connectivity index is 1.84. The minimum absolute atomic E-state index is 0.0140. The summed E-state index contributed by atoms with van der Waals surface area (Å²) in [6, 6.07) is 16.8. The molecule has 1 heterocycles. The Kier molecular flexibility index (Phi) is 2.69. The Morgan fingerprint density at radius 2 is 1.75 bits per heavy atom. The summed E-state index contributed by atoms with van der Waals surface area (Å²) in [7, 11) is 0. The number of nitrogens with one attached hydrogen (secondary N) is 1. The van der Waals surface area contributed by atoms with E-state index in [-0.39, 0.29) is 6.04 Å². The van der Waals surface area contributed by atoms with Gasteiger partial charge in [0.25, 0.3) is 0 Å². The third kappa shape index (κ3) is 1.65. The van der Waals surface area contributed by atoms with Crippen LogP contribution in [0.1, 0.15) is 41.1 Å². The summed E-state index contributed by atoms with van der Waals surface area (Å²) in [5.74, 6) is 0. The Morgan fingerprint density at radius 1 is 1.00 bits per heavy atom. The minimum atomic E-state index is -0.776. The number of hydrogen-bond donors (Lipinski definition) is 2. The highest BCUT2D eigenvalue weighted by Gasteiger charge is 2.44. The van der Waals surface area contributed by atoms with Gasteiger partial charge in [-0.25, -0.2) is 0 Å². The Morgan fingerprint density at radius 3 is 2.65 bits per heavy atom. The van der Waals surface area contributed by atoms with E-state index in [1.165, 1.54) is 16.7 Å². The second-order valence-corrected chi connectivity index (χ2v) is 5.95. The molecule has 2 aromatic rings. The quantitative estimate of drug-likeness (QED) is 0.830. The lowest BCUT2D eigenvalue weighted by molar-refractivity contribution is -0.0174. The average Bonchev–Trinajstić information content (AvgIpc) is 2.92. The molecule has 2 heteroatoms. The summed E-state index contributed by atoms with van der Waals surface area (Å²) in [6.07, 6.45) is 2.96. The number of benzene rings is 2. The molecular formula is C18H19NO. The predicted molar refractivity (Wildman–Crippen MR) is 79.3 cm³/mol. The normalized spacial score (nSPS) is 27.9. The standard InChI is InChI=1S/C18H19NO/c20-18(11-5-8-13-6-2-4-10-16(13)18)17-15-9-3-1-7-14(15)12-19-17/h1-4,6-7,9-10,17,19-20H,5,8,11-12H2. The molecule has 0 fully saturated rings. The van der Waals surface area contributed by atoms with E-state index in [2.05, 4.69) is 47.8 Å². The van der Waals surface area contributed by atoms with Crippen LogP contribution in [0.5, 0.6) is 0 Å². The van der Waals surface area contributed by atoms with E-state index in [4.69, 9.17) is 0 Å². The van der Waals surface area contributed by atoms with E-state index >= 15 is 0 Å². The predicted octanol–water partition coefficient (Wildman–Crippen LogP) is 3.06. The van der Waals surface area contributed by atoms with E-state index in [1.54, 1.807) is 0 Å². The van der Waals surface area contributed by atoms with Gasteiger partial charge in [-0.15, -0.1) is 0 Å². The van der Waals surface area contributed by atoms with E-state index in [9.17, 15) is 5.11 Å². The van der Waals surface area contributed by atoms with Crippen LogP contribution in [0, 0.1) is 0 Å². The lowest BCUT2D eigenvalue weighted by atomic mass is 9.73. The van der Waals surface area contributed by atoms with Crippen LogP contribution in [0.15, 0.2) is 48.5 Å². The van der Waals surface area contributed by atoms with Gasteiger partial charge in [-0.3, -0.25) is 0 Å². The molecule has 2 atom stereocenters. The molecule has 0 aromatic heterocycles. The Labute approximate surface area is 119 Å². The molecule has 2 aromatic carbocycles. The number of fused-ring (bicyclic) bond motifs is 2. The molecule has 0 bridgehead atoms. The highest BCUT2D eigenvalue weighted by molar-refractivity contribution is 5.42. The maximum atomic E-state index is 11.4. The summed E-state index contributed by atoms with van der Waals surface area (Å²) < 4.78 is 0. The maximum absolute atomic E-state index is 11.4. The van der Waals surface area contributed by atoms with E-state index < -0.39 is 5.60 Å². The van der Waals surface area contributed by atoms with E-state index in [0.29, 0.717) is 0 Å². The molecule has 0 spiro atoms. The highest BCUT2D eigenvalue weighted by atomic mass is 16.3. The van der Waals surface area contributed by atoms with Crippen LogP contribution in [-0.2, 0) is 18.6 Å². The third-order valence-corrected chi connectivity index (χ3v) is 4.83. The number of aryl methyl sites for hydroxylation is 1. The minimum Gasteiger partial charge on any atom is -0.383 e. The summed E-state index contributed by atoms with van der Waals surface area (Å²) in [4.78, 5) is 0. The molecule has 1 aliphatic carbocycles. The molecule has 0 saturated carbocycles. The summed E-state index contributed by atoms with van der Waals surface area (Å²) in [5.41, 5.74) is 4.20. The lowest BCUT2D eigenvalue weighted by Gasteiger charge is -2.39. The molecule has 0 saturated heterocycles. The Bertz CT molecular complexity index is 651. The fourth-order valence-electron chi connectivity index (χ4n) is 3.87. The van der Waals surface area contributed by atoms with Crippen molar-refractivity contribution in [2.75, 3.05) is 0 Å². The Hall–Kier alpha value is -1.64. The number of aliphatic hydroxyl groups is 1. The van der Waals surface area contributed by atoms with Crippen LogP contribution in [-0.4, -0.2) is 5.11 Å². The molecule has 4 rings (SSSR count). The van der Waals surface area contributed by atoms with Crippen LogP contribution in [0.25, 0.3) is 0 Å². The molecule has 20 heavy (non-hydrogen) atoms. The molecule has 102 valence electrons. The SMILES string of the molecule is OC1(C2NCc3ccccc32)CCCc2ccccc21. The fourth-order valence-corrected chi connectivity index (χ4v) is 3.87. The summed E-state index contributed by atoms with van der Waals surface area (Å²) in [6.45, 7) is 0.852. The average molecular weight is 265 g/mol. The fraction of sp³-hybridized carbons (Fsp3) is 0.333. The zero-order valence-corrected chi connectivity index (χ0v) is 11.5. The molecule has 2 unspecified atom stereocenters. The van der Waals surface area contributed by atoms with Crippen molar-refractivity contribution in [2.24, 2.45) is 0 Å². The van der Waals surface area contributed by atoms with Gasteiger partial charge in [0.2, 0.25) is 0 Å². The first-order chi connectivity index (χ1) is 9.79. The van der Waals surface area contributed by atoms with Crippen molar-refractivity contribution >= 4 is 0 Å². The molecular weight excluding hydrogens is 246 g/mol. The van der Waals surface area contributed by atoms with Crippen LogP contribution >= 0.6 is 0 Å². The molecule has 2 nitrogen and oxygen atoms in total. The summed E-state index contributed by atoms with van der Waals surface area (Å²) in [5, 5.41) is 14.9. The molecule has 0 amide bonds. The topological polar surface area (TPSA) is 32.3 Å². The van der Waals surface area contributed by atoms with Gasteiger partial charge in [0.1, 0.15) is 5.60 Å². The smallest absolute Gasteiger partial charge is 0.109 e. The highest BCUT2D eigenvalue weighted by Crippen LogP contribution is 2.46. The van der Waals surface area contributed by atoms with Crippen molar-refractivity contribution in [2.45, 2.75) is 37.5 Å². The zero-order valence-electron chi connectivity index (χ0n) is 11.5. The van der Waals surface area contributed by atoms with E-state index in [1.807, 2.05) is 6.07 Å². The van der Waals surface area contributed by atoms with Crippen molar-refractivity contribution in [1.82, 2.24) is 5.32 Å². The van der Waals surface area contributed by atoms with Crippen LogP contribution in [0.2, 0.25) is 0 Å². The van der Waals surface area contributed by atoms with Gasteiger partial charge < -0.3 is 10.4 Å².